The predicted octanol–water partition coefficient (Wildman–Crippen LogP) is 2.85. The largest absolute Gasteiger partial charge is 0.466 e. The average molecular weight is 351 g/mol. The van der Waals surface area contributed by atoms with Crippen LogP contribution in [0.5, 0.6) is 0 Å². The van der Waals surface area contributed by atoms with Crippen LogP contribution < -0.4 is 5.32 Å². The van der Waals surface area contributed by atoms with Crippen LogP contribution in [0.3, 0.4) is 0 Å². The van der Waals surface area contributed by atoms with Gasteiger partial charge in [-0.25, -0.2) is 14.6 Å². The number of rotatable bonds is 8. The summed E-state index contributed by atoms with van der Waals surface area (Å²) >= 11 is 0. The molecule has 0 aliphatic rings. The van der Waals surface area contributed by atoms with Crippen molar-refractivity contribution in [3.63, 3.8) is 0 Å². The van der Waals surface area contributed by atoms with Gasteiger partial charge in [-0.1, -0.05) is 13.0 Å². The Morgan fingerprint density at radius 2 is 2.08 bits per heavy atom. The SMILES string of the molecule is CCCn1cnc(C/C(=C\CCNC(=O)OC(C)(C)C)C(=O)OC)c1. The Morgan fingerprint density at radius 1 is 1.36 bits per heavy atom. The Bertz CT molecular complexity index is 600. The van der Waals surface area contributed by atoms with E-state index in [2.05, 4.69) is 17.2 Å². The fourth-order valence-corrected chi connectivity index (χ4v) is 2.17. The molecule has 0 aliphatic carbocycles. The number of alkyl carbamates (subject to hydrolysis) is 1. The van der Waals surface area contributed by atoms with Crippen molar-refractivity contribution in [1.29, 1.82) is 0 Å². The van der Waals surface area contributed by atoms with E-state index in [1.165, 1.54) is 7.11 Å². The first-order valence-electron chi connectivity index (χ1n) is 8.50. The molecule has 7 heteroatoms. The quantitative estimate of drug-likeness (QED) is 0.442. The van der Waals surface area contributed by atoms with Gasteiger partial charge in [0.15, 0.2) is 0 Å². The maximum Gasteiger partial charge on any atom is 0.407 e. The molecule has 7 nitrogen and oxygen atoms in total. The number of hydrogen-bond donors (Lipinski definition) is 1. The number of imidazole rings is 1. The fourth-order valence-electron chi connectivity index (χ4n) is 2.17. The number of aromatic nitrogens is 2. The molecule has 0 fully saturated rings. The van der Waals surface area contributed by atoms with E-state index in [4.69, 9.17) is 9.47 Å². The smallest absolute Gasteiger partial charge is 0.407 e. The van der Waals surface area contributed by atoms with E-state index < -0.39 is 11.7 Å². The number of methoxy groups -OCH3 is 1. The van der Waals surface area contributed by atoms with Gasteiger partial charge in [-0.15, -0.1) is 0 Å². The number of esters is 1. The molecule has 0 saturated heterocycles. The van der Waals surface area contributed by atoms with Crippen molar-refractivity contribution >= 4 is 12.1 Å². The van der Waals surface area contributed by atoms with Crippen LogP contribution >= 0.6 is 0 Å². The lowest BCUT2D eigenvalue weighted by molar-refractivity contribution is -0.136. The molecule has 0 saturated carbocycles. The van der Waals surface area contributed by atoms with E-state index in [9.17, 15) is 9.59 Å². The highest BCUT2D eigenvalue weighted by atomic mass is 16.6. The summed E-state index contributed by atoms with van der Waals surface area (Å²) in [6.07, 6.45) is 6.90. The Balaban J connectivity index is 2.58. The van der Waals surface area contributed by atoms with E-state index >= 15 is 0 Å². The highest BCUT2D eigenvalue weighted by molar-refractivity contribution is 5.88. The highest BCUT2D eigenvalue weighted by Gasteiger charge is 2.16. The molecule has 0 spiro atoms. The van der Waals surface area contributed by atoms with Gasteiger partial charge in [0.1, 0.15) is 5.60 Å². The third kappa shape index (κ3) is 8.37. The van der Waals surface area contributed by atoms with Crippen LogP contribution in [0.2, 0.25) is 0 Å². The number of nitrogens with one attached hydrogen (secondary N) is 1. The molecule has 1 heterocycles. The van der Waals surface area contributed by atoms with E-state index in [0.717, 1.165) is 18.7 Å². The summed E-state index contributed by atoms with van der Waals surface area (Å²) in [6.45, 7) is 8.78. The third-order valence-corrected chi connectivity index (χ3v) is 3.19. The van der Waals surface area contributed by atoms with Crippen molar-refractivity contribution in [2.24, 2.45) is 0 Å². The molecule has 0 aliphatic heterocycles. The first-order chi connectivity index (χ1) is 11.7. The Kier molecular flexibility index (Phi) is 8.18. The lowest BCUT2D eigenvalue weighted by Crippen LogP contribution is -2.32. The maximum absolute atomic E-state index is 11.9. The molecule has 25 heavy (non-hydrogen) atoms. The monoisotopic (exact) mass is 351 g/mol. The second-order valence-electron chi connectivity index (χ2n) is 6.72. The molecule has 0 unspecified atom stereocenters. The zero-order chi connectivity index (χ0) is 18.9. The molecular weight excluding hydrogens is 322 g/mol. The fraction of sp³-hybridized carbons (Fsp3) is 0.611. The summed E-state index contributed by atoms with van der Waals surface area (Å²) in [5.41, 5.74) is 0.800. The molecule has 1 rings (SSSR count). The summed E-state index contributed by atoms with van der Waals surface area (Å²) in [7, 11) is 1.35. The molecule has 1 N–H and O–H groups in total. The molecular formula is C18H29N3O4. The standard InChI is InChI=1S/C18H29N3O4/c1-6-10-21-12-15(20-13-21)11-14(16(22)24-5)8-7-9-19-17(23)25-18(2,3)4/h8,12-13H,6-7,9-11H2,1-5H3,(H,19,23)/b14-8+. The van der Waals surface area contributed by atoms with Gasteiger partial charge in [-0.2, -0.15) is 0 Å². The van der Waals surface area contributed by atoms with Crippen LogP contribution in [-0.2, 0) is 27.2 Å². The molecule has 1 aromatic heterocycles. The zero-order valence-corrected chi connectivity index (χ0v) is 15.8. The lowest BCUT2D eigenvalue weighted by Gasteiger charge is -2.19. The molecule has 1 aromatic rings. The third-order valence-electron chi connectivity index (χ3n) is 3.19. The van der Waals surface area contributed by atoms with Crippen LogP contribution in [0.1, 0.15) is 46.2 Å². The minimum Gasteiger partial charge on any atom is -0.466 e. The first-order valence-corrected chi connectivity index (χ1v) is 8.50. The van der Waals surface area contributed by atoms with E-state index in [-0.39, 0.29) is 5.97 Å². The number of nitrogens with zero attached hydrogens (tertiary/aromatic N) is 2. The van der Waals surface area contributed by atoms with Crippen molar-refractivity contribution < 1.29 is 19.1 Å². The van der Waals surface area contributed by atoms with Crippen molar-refractivity contribution in [3.05, 3.63) is 29.9 Å². The molecule has 0 atom stereocenters. The Labute approximate surface area is 149 Å². The van der Waals surface area contributed by atoms with Gasteiger partial charge in [-0.05, 0) is 33.6 Å². The van der Waals surface area contributed by atoms with Crippen LogP contribution in [0, 0.1) is 0 Å². The van der Waals surface area contributed by atoms with Crippen LogP contribution in [0.4, 0.5) is 4.79 Å². The van der Waals surface area contributed by atoms with Gasteiger partial charge in [0.2, 0.25) is 0 Å². The van der Waals surface area contributed by atoms with Gasteiger partial charge in [0, 0.05) is 31.3 Å². The molecule has 1 amide bonds. The number of carbonyl (C=O) groups is 2. The second kappa shape index (κ2) is 9.86. The van der Waals surface area contributed by atoms with Crippen molar-refractivity contribution in [3.8, 4) is 0 Å². The predicted molar refractivity (Wildman–Crippen MR) is 95.2 cm³/mol. The lowest BCUT2D eigenvalue weighted by atomic mass is 10.1. The topological polar surface area (TPSA) is 82.5 Å². The number of amides is 1. The summed E-state index contributed by atoms with van der Waals surface area (Å²) < 4.78 is 12.0. The number of aryl methyl sites for hydroxylation is 1. The Hall–Kier alpha value is -2.31. The number of ether oxygens (including phenoxy) is 2. The van der Waals surface area contributed by atoms with Crippen molar-refractivity contribution in [1.82, 2.24) is 14.9 Å². The van der Waals surface area contributed by atoms with E-state index in [1.807, 2.05) is 10.8 Å². The van der Waals surface area contributed by atoms with Crippen molar-refractivity contribution in [2.45, 2.75) is 59.1 Å². The van der Waals surface area contributed by atoms with Crippen molar-refractivity contribution in [2.75, 3.05) is 13.7 Å². The summed E-state index contributed by atoms with van der Waals surface area (Å²) in [5, 5.41) is 2.66. The first kappa shape index (κ1) is 20.7. The van der Waals surface area contributed by atoms with Crippen LogP contribution in [0.25, 0.3) is 0 Å². The average Bonchev–Trinajstić information content (AvgIpc) is 2.95. The van der Waals surface area contributed by atoms with Gasteiger partial charge in [-0.3, -0.25) is 0 Å². The summed E-state index contributed by atoms with van der Waals surface area (Å²) in [5.74, 6) is -0.387. The zero-order valence-electron chi connectivity index (χ0n) is 15.8. The molecule has 0 bridgehead atoms. The number of hydrogen-bond acceptors (Lipinski definition) is 5. The molecule has 0 radical (unpaired) electrons. The van der Waals surface area contributed by atoms with E-state index in [0.29, 0.717) is 25.0 Å². The van der Waals surface area contributed by atoms with Gasteiger partial charge >= 0.3 is 12.1 Å². The summed E-state index contributed by atoms with van der Waals surface area (Å²) in [4.78, 5) is 27.8. The van der Waals surface area contributed by atoms with Gasteiger partial charge in [0.25, 0.3) is 0 Å². The minimum atomic E-state index is -0.533. The number of carbonyl (C=O) groups excluding carboxylic acids is 2. The highest BCUT2D eigenvalue weighted by Crippen LogP contribution is 2.10. The Morgan fingerprint density at radius 3 is 2.68 bits per heavy atom. The maximum atomic E-state index is 11.9. The van der Waals surface area contributed by atoms with Gasteiger partial charge < -0.3 is 19.4 Å². The minimum absolute atomic E-state index is 0.375. The van der Waals surface area contributed by atoms with Crippen LogP contribution in [0.15, 0.2) is 24.2 Å². The van der Waals surface area contributed by atoms with Crippen LogP contribution in [-0.4, -0.2) is 40.9 Å². The molecule has 0 aromatic carbocycles. The van der Waals surface area contributed by atoms with Gasteiger partial charge in [0.05, 0.1) is 19.1 Å². The molecule has 140 valence electrons. The summed E-state index contributed by atoms with van der Waals surface area (Å²) in [6, 6.07) is 0. The second-order valence-corrected chi connectivity index (χ2v) is 6.72. The van der Waals surface area contributed by atoms with E-state index in [1.54, 1.807) is 33.2 Å². The normalized spacial score (nSPS) is 12.0.